The van der Waals surface area contributed by atoms with Gasteiger partial charge in [0.25, 0.3) is 5.91 Å². The maximum atomic E-state index is 12.4. The summed E-state index contributed by atoms with van der Waals surface area (Å²) >= 11 is 3.37. The highest BCUT2D eigenvalue weighted by molar-refractivity contribution is 9.10. The van der Waals surface area contributed by atoms with Crippen LogP contribution in [0.2, 0.25) is 0 Å². The fourth-order valence-electron chi connectivity index (χ4n) is 2.42. The molecule has 1 aliphatic rings. The van der Waals surface area contributed by atoms with E-state index in [0.717, 1.165) is 15.7 Å². The van der Waals surface area contributed by atoms with Crippen molar-refractivity contribution in [2.45, 2.75) is 13.5 Å². The molecule has 106 valence electrons. The van der Waals surface area contributed by atoms with Gasteiger partial charge in [0.1, 0.15) is 0 Å². The van der Waals surface area contributed by atoms with Crippen LogP contribution in [-0.2, 0) is 11.3 Å². The van der Waals surface area contributed by atoms with Gasteiger partial charge >= 0.3 is 0 Å². The van der Waals surface area contributed by atoms with Crippen LogP contribution < -0.4 is 4.90 Å². The Bertz CT molecular complexity index is 738. The zero-order chi connectivity index (χ0) is 15.0. The number of hydrogen-bond acceptors (Lipinski definition) is 3. The number of halogens is 1. The van der Waals surface area contributed by atoms with Crippen LogP contribution in [0.25, 0.3) is 0 Å². The molecular formula is C16H13BrN2O2. The van der Waals surface area contributed by atoms with Gasteiger partial charge in [0.2, 0.25) is 0 Å². The predicted molar refractivity (Wildman–Crippen MR) is 84.8 cm³/mol. The lowest BCUT2D eigenvalue weighted by Gasteiger charge is -2.17. The molecule has 1 aliphatic heterocycles. The minimum atomic E-state index is -0.286. The summed E-state index contributed by atoms with van der Waals surface area (Å²) in [7, 11) is 0. The van der Waals surface area contributed by atoms with Crippen LogP contribution in [0.1, 0.15) is 16.7 Å². The fourth-order valence-corrected chi connectivity index (χ4v) is 2.78. The summed E-state index contributed by atoms with van der Waals surface area (Å²) in [5.41, 5.74) is 3.69. The number of aryl methyl sites for hydroxylation is 1. The largest absolute Gasteiger partial charge is 0.410 e. The summed E-state index contributed by atoms with van der Waals surface area (Å²) in [4.78, 5) is 14.0. The first-order valence-corrected chi connectivity index (χ1v) is 7.29. The first-order valence-electron chi connectivity index (χ1n) is 6.49. The quantitative estimate of drug-likeness (QED) is 0.669. The molecule has 0 radical (unpaired) electrons. The summed E-state index contributed by atoms with van der Waals surface area (Å²) < 4.78 is 0.840. The number of anilines is 1. The lowest BCUT2D eigenvalue weighted by Crippen LogP contribution is -2.29. The zero-order valence-electron chi connectivity index (χ0n) is 11.4. The topological polar surface area (TPSA) is 52.9 Å². The molecule has 2 aromatic carbocycles. The van der Waals surface area contributed by atoms with Gasteiger partial charge in [-0.15, -0.1) is 0 Å². The van der Waals surface area contributed by atoms with E-state index in [1.54, 1.807) is 11.0 Å². The van der Waals surface area contributed by atoms with E-state index in [9.17, 15) is 4.79 Å². The highest BCUT2D eigenvalue weighted by Gasteiger charge is 2.34. The molecule has 0 fully saturated rings. The molecule has 1 N–H and O–H groups in total. The lowest BCUT2D eigenvalue weighted by atomic mass is 10.1. The molecule has 0 saturated carbocycles. The number of fused-ring (bicyclic) bond motifs is 1. The Morgan fingerprint density at radius 3 is 2.57 bits per heavy atom. The van der Waals surface area contributed by atoms with E-state index in [4.69, 9.17) is 5.21 Å². The second kappa shape index (κ2) is 5.33. The van der Waals surface area contributed by atoms with Gasteiger partial charge in [0.05, 0.1) is 12.2 Å². The molecule has 2 aromatic rings. The van der Waals surface area contributed by atoms with Gasteiger partial charge in [-0.1, -0.05) is 50.9 Å². The summed E-state index contributed by atoms with van der Waals surface area (Å²) in [6, 6.07) is 13.5. The summed E-state index contributed by atoms with van der Waals surface area (Å²) in [6.45, 7) is 2.47. The molecule has 0 unspecified atom stereocenters. The summed E-state index contributed by atoms with van der Waals surface area (Å²) in [5, 5.41) is 12.3. The molecule has 0 atom stereocenters. The van der Waals surface area contributed by atoms with Crippen LogP contribution >= 0.6 is 15.9 Å². The second-order valence-corrected chi connectivity index (χ2v) is 5.90. The number of oxime groups is 1. The molecule has 5 heteroatoms. The molecule has 21 heavy (non-hydrogen) atoms. The van der Waals surface area contributed by atoms with Crippen LogP contribution in [0.3, 0.4) is 0 Å². The van der Waals surface area contributed by atoms with Gasteiger partial charge in [-0.25, -0.2) is 0 Å². The van der Waals surface area contributed by atoms with Gasteiger partial charge in [-0.05, 0) is 30.7 Å². The molecule has 0 bridgehead atoms. The third kappa shape index (κ3) is 2.45. The molecular weight excluding hydrogens is 332 g/mol. The lowest BCUT2D eigenvalue weighted by molar-refractivity contribution is -0.112. The van der Waals surface area contributed by atoms with Crippen molar-refractivity contribution in [2.75, 3.05) is 4.90 Å². The van der Waals surface area contributed by atoms with E-state index in [1.165, 1.54) is 5.56 Å². The van der Waals surface area contributed by atoms with Crippen LogP contribution in [0.4, 0.5) is 5.69 Å². The van der Waals surface area contributed by atoms with Gasteiger partial charge in [-0.2, -0.15) is 0 Å². The minimum Gasteiger partial charge on any atom is -0.410 e. The van der Waals surface area contributed by atoms with Crippen molar-refractivity contribution in [3.05, 3.63) is 63.6 Å². The third-order valence-corrected chi connectivity index (χ3v) is 4.01. The van der Waals surface area contributed by atoms with Crippen molar-refractivity contribution in [1.29, 1.82) is 0 Å². The van der Waals surface area contributed by atoms with Crippen molar-refractivity contribution >= 4 is 33.2 Å². The van der Waals surface area contributed by atoms with Crippen molar-refractivity contribution in [3.63, 3.8) is 0 Å². The van der Waals surface area contributed by atoms with Crippen molar-refractivity contribution in [3.8, 4) is 0 Å². The first-order chi connectivity index (χ1) is 10.1. The van der Waals surface area contributed by atoms with E-state index in [2.05, 4.69) is 21.1 Å². The van der Waals surface area contributed by atoms with Gasteiger partial charge in [0, 0.05) is 10.0 Å². The van der Waals surface area contributed by atoms with E-state index in [1.807, 2.05) is 43.3 Å². The van der Waals surface area contributed by atoms with E-state index in [-0.39, 0.29) is 11.6 Å². The molecule has 0 spiro atoms. The van der Waals surface area contributed by atoms with Crippen molar-refractivity contribution in [1.82, 2.24) is 0 Å². The van der Waals surface area contributed by atoms with Crippen molar-refractivity contribution in [2.24, 2.45) is 5.16 Å². The Balaban J connectivity index is 2.00. The first kappa shape index (κ1) is 13.8. The number of rotatable bonds is 2. The molecule has 0 aliphatic carbocycles. The fraction of sp³-hybridized carbons (Fsp3) is 0.125. The summed E-state index contributed by atoms with van der Waals surface area (Å²) in [6.07, 6.45) is 0. The van der Waals surface area contributed by atoms with Crippen LogP contribution in [0.5, 0.6) is 0 Å². The molecule has 1 amide bonds. The van der Waals surface area contributed by atoms with E-state index < -0.39 is 0 Å². The Hall–Kier alpha value is -2.14. The van der Waals surface area contributed by atoms with E-state index >= 15 is 0 Å². The van der Waals surface area contributed by atoms with Gasteiger partial charge in [0.15, 0.2) is 5.71 Å². The number of hydrogen-bond donors (Lipinski definition) is 1. The number of nitrogens with zero attached hydrogens (tertiary/aromatic N) is 2. The average molecular weight is 345 g/mol. The molecule has 4 nitrogen and oxygen atoms in total. The number of carbonyl (C=O) groups is 1. The molecule has 0 saturated heterocycles. The predicted octanol–water partition coefficient (Wildman–Crippen LogP) is 3.48. The third-order valence-electron chi connectivity index (χ3n) is 3.51. The van der Waals surface area contributed by atoms with Gasteiger partial charge in [-0.3, -0.25) is 4.79 Å². The Morgan fingerprint density at radius 1 is 1.19 bits per heavy atom. The number of carbonyl (C=O) groups excluding carboxylic acids is 1. The Morgan fingerprint density at radius 2 is 1.90 bits per heavy atom. The number of benzene rings is 2. The maximum absolute atomic E-state index is 12.4. The SMILES string of the molecule is Cc1ccc(CN2C(=O)/C(=N\O)c3cc(Br)ccc32)cc1. The maximum Gasteiger partial charge on any atom is 0.281 e. The smallest absolute Gasteiger partial charge is 0.281 e. The average Bonchev–Trinajstić information content (AvgIpc) is 2.73. The number of amides is 1. The Kier molecular flexibility index (Phi) is 3.51. The zero-order valence-corrected chi connectivity index (χ0v) is 13.0. The highest BCUT2D eigenvalue weighted by Crippen LogP contribution is 2.32. The molecule has 1 heterocycles. The van der Waals surface area contributed by atoms with Crippen LogP contribution in [0, 0.1) is 6.92 Å². The second-order valence-electron chi connectivity index (χ2n) is 4.99. The van der Waals surface area contributed by atoms with Crippen molar-refractivity contribution < 1.29 is 10.0 Å². The Labute approximate surface area is 130 Å². The standard InChI is InChI=1S/C16H13BrN2O2/c1-10-2-4-11(5-3-10)9-19-14-7-6-12(17)8-13(14)15(18-21)16(19)20/h2-8,21H,9H2,1H3/b18-15-. The van der Waals surface area contributed by atoms with Crippen LogP contribution in [-0.4, -0.2) is 16.8 Å². The minimum absolute atomic E-state index is 0.0819. The molecule has 0 aromatic heterocycles. The highest BCUT2D eigenvalue weighted by atomic mass is 79.9. The molecule has 3 rings (SSSR count). The normalized spacial score (nSPS) is 15.6. The summed E-state index contributed by atoms with van der Waals surface area (Å²) in [5.74, 6) is -0.286. The van der Waals surface area contributed by atoms with E-state index in [0.29, 0.717) is 12.1 Å². The monoisotopic (exact) mass is 344 g/mol. The van der Waals surface area contributed by atoms with Crippen LogP contribution in [0.15, 0.2) is 52.1 Å². The van der Waals surface area contributed by atoms with Gasteiger partial charge < -0.3 is 10.1 Å².